The predicted molar refractivity (Wildman–Crippen MR) is 108 cm³/mol. The zero-order valence-electron chi connectivity index (χ0n) is 15.6. The van der Waals surface area contributed by atoms with Crippen molar-refractivity contribution in [3.05, 3.63) is 53.6 Å². The first kappa shape index (κ1) is 20.3. The van der Waals surface area contributed by atoms with E-state index in [2.05, 4.69) is 27.2 Å². The lowest BCUT2D eigenvalue weighted by Crippen LogP contribution is -2.56. The SMILES string of the molecule is NC1CNCCC1(O)c1ccc(-c2cccc(S(N)(=O)=O)c2C2NNNN2)cc1. The molecule has 2 unspecified atom stereocenters. The van der Waals surface area contributed by atoms with Gasteiger partial charge in [-0.15, -0.1) is 0 Å². The van der Waals surface area contributed by atoms with Crippen LogP contribution in [0.25, 0.3) is 11.1 Å². The fourth-order valence-electron chi connectivity index (χ4n) is 3.93. The van der Waals surface area contributed by atoms with Gasteiger partial charge in [0.1, 0.15) is 11.8 Å². The van der Waals surface area contributed by atoms with Crippen LogP contribution in [-0.2, 0) is 15.6 Å². The molecule has 11 heteroatoms. The minimum absolute atomic E-state index is 0.0218. The van der Waals surface area contributed by atoms with Crippen LogP contribution in [0.1, 0.15) is 23.7 Å². The van der Waals surface area contributed by atoms with Gasteiger partial charge in [-0.3, -0.25) is 0 Å². The fraction of sp³-hybridized carbons (Fsp3) is 0.333. The number of nitrogens with two attached hydrogens (primary N) is 2. The van der Waals surface area contributed by atoms with E-state index in [0.29, 0.717) is 30.6 Å². The highest BCUT2D eigenvalue weighted by atomic mass is 32.2. The standard InChI is InChI=1S/C18H25N7O3S/c19-15-10-21-9-8-18(15,26)12-6-4-11(5-7-12)13-2-1-3-14(29(20,27)28)16(13)17-22-24-25-23-17/h1-7,15,17,21-26H,8-10,19H2,(H2,20,27,28). The van der Waals surface area contributed by atoms with Crippen LogP contribution in [-0.4, -0.2) is 32.7 Å². The molecule has 2 fully saturated rings. The van der Waals surface area contributed by atoms with Gasteiger partial charge >= 0.3 is 0 Å². The summed E-state index contributed by atoms with van der Waals surface area (Å²) >= 11 is 0. The van der Waals surface area contributed by atoms with E-state index in [4.69, 9.17) is 10.9 Å². The molecule has 2 atom stereocenters. The van der Waals surface area contributed by atoms with Gasteiger partial charge in [-0.25, -0.2) is 24.4 Å². The maximum absolute atomic E-state index is 12.2. The number of rotatable bonds is 4. The third-order valence-corrected chi connectivity index (χ3v) is 6.48. The molecule has 0 spiro atoms. The summed E-state index contributed by atoms with van der Waals surface area (Å²) in [6.45, 7) is 1.23. The molecule has 2 heterocycles. The number of nitrogens with one attached hydrogen (secondary N) is 5. The Morgan fingerprint density at radius 3 is 2.38 bits per heavy atom. The number of sulfonamides is 1. The summed E-state index contributed by atoms with van der Waals surface area (Å²) in [7, 11) is -3.94. The Bertz CT molecular complexity index is 993. The highest BCUT2D eigenvalue weighted by molar-refractivity contribution is 7.89. The molecular weight excluding hydrogens is 394 g/mol. The topological polar surface area (TPSA) is 167 Å². The first-order valence-corrected chi connectivity index (χ1v) is 10.8. The van der Waals surface area contributed by atoms with Crippen molar-refractivity contribution < 1.29 is 13.5 Å². The van der Waals surface area contributed by atoms with Crippen LogP contribution in [0.2, 0.25) is 0 Å². The summed E-state index contributed by atoms with van der Waals surface area (Å²) in [5.41, 5.74) is 19.0. The number of aliphatic hydroxyl groups is 1. The van der Waals surface area contributed by atoms with Gasteiger partial charge in [-0.05, 0) is 35.7 Å². The van der Waals surface area contributed by atoms with E-state index >= 15 is 0 Å². The number of primary sulfonamides is 1. The van der Waals surface area contributed by atoms with E-state index in [9.17, 15) is 13.5 Å². The van der Waals surface area contributed by atoms with Crippen molar-refractivity contribution in [1.82, 2.24) is 27.2 Å². The molecule has 2 aliphatic rings. The third-order valence-electron chi connectivity index (χ3n) is 5.51. The molecule has 2 aromatic carbocycles. The molecule has 4 rings (SSSR count). The van der Waals surface area contributed by atoms with Crippen molar-refractivity contribution >= 4 is 10.0 Å². The predicted octanol–water partition coefficient (Wildman–Crippen LogP) is -1.38. The van der Waals surface area contributed by atoms with E-state index < -0.39 is 27.8 Å². The summed E-state index contributed by atoms with van der Waals surface area (Å²) in [4.78, 5) is 0.0218. The second kappa shape index (κ2) is 7.72. The first-order valence-electron chi connectivity index (χ1n) is 9.27. The lowest BCUT2D eigenvalue weighted by Gasteiger charge is -2.38. The summed E-state index contributed by atoms with van der Waals surface area (Å²) in [6.07, 6.45) is -0.00589. The Kier molecular flexibility index (Phi) is 5.42. The monoisotopic (exact) mass is 419 g/mol. The van der Waals surface area contributed by atoms with Crippen molar-refractivity contribution in [1.29, 1.82) is 0 Å². The quantitative estimate of drug-likeness (QED) is 0.298. The molecule has 10 nitrogen and oxygen atoms in total. The van der Waals surface area contributed by atoms with Crippen molar-refractivity contribution in [2.45, 2.75) is 29.1 Å². The van der Waals surface area contributed by atoms with Crippen LogP contribution in [0.3, 0.4) is 0 Å². The molecule has 0 bridgehead atoms. The van der Waals surface area contributed by atoms with Crippen LogP contribution < -0.4 is 38.1 Å². The lowest BCUT2D eigenvalue weighted by atomic mass is 9.81. The van der Waals surface area contributed by atoms with E-state index in [1.165, 1.54) is 6.07 Å². The molecule has 2 aromatic rings. The van der Waals surface area contributed by atoms with Crippen LogP contribution in [0.4, 0.5) is 0 Å². The number of piperidine rings is 1. The molecule has 2 saturated heterocycles. The average Bonchev–Trinajstić information content (AvgIpc) is 3.24. The van der Waals surface area contributed by atoms with Gasteiger partial charge in [-0.1, -0.05) is 36.4 Å². The van der Waals surface area contributed by atoms with E-state index in [0.717, 1.165) is 11.1 Å². The molecule has 0 aliphatic carbocycles. The maximum Gasteiger partial charge on any atom is 0.238 e. The van der Waals surface area contributed by atoms with E-state index in [1.54, 1.807) is 6.07 Å². The molecule has 0 radical (unpaired) electrons. The van der Waals surface area contributed by atoms with Crippen LogP contribution in [0, 0.1) is 0 Å². The average molecular weight is 420 g/mol. The Morgan fingerprint density at radius 1 is 1.07 bits per heavy atom. The largest absolute Gasteiger partial charge is 0.383 e. The molecule has 29 heavy (non-hydrogen) atoms. The van der Waals surface area contributed by atoms with Crippen molar-refractivity contribution in [3.63, 3.8) is 0 Å². The molecule has 0 amide bonds. The second-order valence-corrected chi connectivity index (χ2v) is 8.83. The lowest BCUT2D eigenvalue weighted by molar-refractivity contribution is -0.0123. The van der Waals surface area contributed by atoms with Crippen molar-refractivity contribution in [2.24, 2.45) is 10.9 Å². The summed E-state index contributed by atoms with van der Waals surface area (Å²) < 4.78 is 24.3. The molecule has 2 aliphatic heterocycles. The summed E-state index contributed by atoms with van der Waals surface area (Å²) in [5.74, 6) is 0. The van der Waals surface area contributed by atoms with Crippen molar-refractivity contribution in [2.75, 3.05) is 13.1 Å². The Balaban J connectivity index is 1.77. The van der Waals surface area contributed by atoms with Gasteiger partial charge in [0.05, 0.1) is 10.9 Å². The van der Waals surface area contributed by atoms with Gasteiger partial charge in [0.2, 0.25) is 10.0 Å². The molecule has 0 aromatic heterocycles. The third kappa shape index (κ3) is 3.80. The molecule has 10 N–H and O–H groups in total. The van der Waals surface area contributed by atoms with Gasteiger partial charge < -0.3 is 16.2 Å². The summed E-state index contributed by atoms with van der Waals surface area (Å²) in [6, 6.07) is 11.9. The van der Waals surface area contributed by atoms with E-state index in [-0.39, 0.29) is 4.90 Å². The first-order chi connectivity index (χ1) is 13.8. The Morgan fingerprint density at radius 2 is 1.76 bits per heavy atom. The highest BCUT2D eigenvalue weighted by Crippen LogP contribution is 2.35. The number of hydrogen-bond donors (Lipinski definition) is 8. The van der Waals surface area contributed by atoms with Crippen LogP contribution in [0.15, 0.2) is 47.4 Å². The minimum atomic E-state index is -3.94. The van der Waals surface area contributed by atoms with Gasteiger partial charge in [0.15, 0.2) is 0 Å². The zero-order valence-corrected chi connectivity index (χ0v) is 16.5. The summed E-state index contributed by atoms with van der Waals surface area (Å²) in [5, 5.41) is 19.7. The fourth-order valence-corrected chi connectivity index (χ4v) is 4.73. The maximum atomic E-state index is 12.2. The second-order valence-electron chi connectivity index (χ2n) is 7.30. The van der Waals surface area contributed by atoms with Gasteiger partial charge in [-0.2, -0.15) is 11.1 Å². The zero-order chi connectivity index (χ0) is 20.6. The van der Waals surface area contributed by atoms with Crippen LogP contribution >= 0.6 is 0 Å². The minimum Gasteiger partial charge on any atom is -0.383 e. The smallest absolute Gasteiger partial charge is 0.238 e. The normalized spacial score (nSPS) is 26.0. The van der Waals surface area contributed by atoms with Gasteiger partial charge in [0.25, 0.3) is 0 Å². The number of hydrazine groups is 3. The van der Waals surface area contributed by atoms with Crippen LogP contribution in [0.5, 0.6) is 0 Å². The number of benzene rings is 2. The molecule has 0 saturated carbocycles. The molecular formula is C18H25N7O3S. The van der Waals surface area contributed by atoms with Crippen molar-refractivity contribution in [3.8, 4) is 11.1 Å². The molecule has 156 valence electrons. The number of hydrogen-bond acceptors (Lipinski definition) is 9. The Labute approximate surface area is 169 Å². The van der Waals surface area contributed by atoms with E-state index in [1.807, 2.05) is 30.3 Å². The van der Waals surface area contributed by atoms with Gasteiger partial charge in [0, 0.05) is 12.1 Å². The highest BCUT2D eigenvalue weighted by Gasteiger charge is 2.38. The Hall–Kier alpha value is -1.93.